The minimum absolute atomic E-state index is 0.416. The van der Waals surface area contributed by atoms with Gasteiger partial charge in [0.05, 0.1) is 19.4 Å². The molecule has 0 aliphatic heterocycles. The zero-order chi connectivity index (χ0) is 11.1. The Bertz CT molecular complexity index is 328. The highest BCUT2D eigenvalue weighted by Gasteiger charge is 2.05. The Morgan fingerprint density at radius 2 is 2.13 bits per heavy atom. The van der Waals surface area contributed by atoms with Gasteiger partial charge in [0.1, 0.15) is 5.75 Å². The lowest BCUT2D eigenvalue weighted by Crippen LogP contribution is -2.28. The van der Waals surface area contributed by atoms with E-state index in [0.717, 1.165) is 0 Å². The summed E-state index contributed by atoms with van der Waals surface area (Å²) in [6.45, 7) is 2.20. The van der Waals surface area contributed by atoms with Gasteiger partial charge in [-0.15, -0.1) is 0 Å². The fourth-order valence-corrected chi connectivity index (χ4v) is 1.03. The molecule has 0 aliphatic rings. The molecule has 0 saturated carbocycles. The third-order valence-corrected chi connectivity index (χ3v) is 1.66. The fourth-order valence-electron chi connectivity index (χ4n) is 1.03. The van der Waals surface area contributed by atoms with Gasteiger partial charge >= 0.3 is 6.03 Å². The number of carbonyl (C=O) groups is 1. The Labute approximate surface area is 88.3 Å². The van der Waals surface area contributed by atoms with Gasteiger partial charge in [0.15, 0.2) is 0 Å². The number of rotatable bonds is 4. The lowest BCUT2D eigenvalue weighted by atomic mass is 10.3. The van der Waals surface area contributed by atoms with E-state index in [9.17, 15) is 4.79 Å². The molecule has 0 bridgehead atoms. The summed E-state index contributed by atoms with van der Waals surface area (Å²) in [6.07, 6.45) is 0. The first kappa shape index (κ1) is 11.3. The van der Waals surface area contributed by atoms with Crippen LogP contribution in [0.3, 0.4) is 0 Å². The molecule has 1 rings (SSSR count). The Morgan fingerprint density at radius 1 is 1.40 bits per heavy atom. The number of hydrogen-bond acceptors (Lipinski definition) is 3. The van der Waals surface area contributed by atoms with Crippen LogP contribution in [0.25, 0.3) is 0 Å². The first-order chi connectivity index (χ1) is 7.27. The predicted molar refractivity (Wildman–Crippen MR) is 56.8 cm³/mol. The van der Waals surface area contributed by atoms with Crippen molar-refractivity contribution in [2.24, 2.45) is 0 Å². The first-order valence-corrected chi connectivity index (χ1v) is 4.59. The van der Waals surface area contributed by atoms with Crippen LogP contribution in [0.5, 0.6) is 5.75 Å². The van der Waals surface area contributed by atoms with Gasteiger partial charge < -0.3 is 10.1 Å². The van der Waals surface area contributed by atoms with Crippen molar-refractivity contribution in [3.63, 3.8) is 0 Å². The van der Waals surface area contributed by atoms with Crippen LogP contribution in [0.2, 0.25) is 0 Å². The van der Waals surface area contributed by atoms with E-state index in [-0.39, 0.29) is 0 Å². The van der Waals surface area contributed by atoms with Gasteiger partial charge in [-0.3, -0.25) is 4.84 Å². The quantitative estimate of drug-likeness (QED) is 0.744. The monoisotopic (exact) mass is 210 g/mol. The van der Waals surface area contributed by atoms with Crippen LogP contribution in [0.4, 0.5) is 10.5 Å². The highest BCUT2D eigenvalue weighted by atomic mass is 16.7. The van der Waals surface area contributed by atoms with Crippen LogP contribution in [-0.4, -0.2) is 19.7 Å². The van der Waals surface area contributed by atoms with Crippen molar-refractivity contribution in [1.29, 1.82) is 0 Å². The standard InChI is InChI=1S/C10H14N2O3/c1-3-15-12-10(13)11-8-6-4-5-7-9(8)14-2/h4-7H,3H2,1-2H3,(H2,11,12,13). The largest absolute Gasteiger partial charge is 0.495 e. The van der Waals surface area contributed by atoms with Crippen LogP contribution in [0.15, 0.2) is 24.3 Å². The molecule has 5 heteroatoms. The minimum Gasteiger partial charge on any atom is -0.495 e. The van der Waals surface area contributed by atoms with E-state index < -0.39 is 6.03 Å². The maximum atomic E-state index is 11.2. The molecule has 0 heterocycles. The Balaban J connectivity index is 2.59. The van der Waals surface area contributed by atoms with Crippen molar-refractivity contribution in [1.82, 2.24) is 5.48 Å². The molecule has 1 aromatic carbocycles. The van der Waals surface area contributed by atoms with E-state index in [0.29, 0.717) is 18.0 Å². The van der Waals surface area contributed by atoms with E-state index in [1.807, 2.05) is 6.07 Å². The molecular weight excluding hydrogens is 196 g/mol. The van der Waals surface area contributed by atoms with Crippen molar-refractivity contribution < 1.29 is 14.4 Å². The van der Waals surface area contributed by atoms with Gasteiger partial charge in [-0.2, -0.15) is 0 Å². The molecular formula is C10H14N2O3. The smallest absolute Gasteiger partial charge is 0.343 e. The normalized spacial score (nSPS) is 9.47. The van der Waals surface area contributed by atoms with Gasteiger partial charge in [-0.1, -0.05) is 12.1 Å². The Kier molecular flexibility index (Phi) is 4.43. The average molecular weight is 210 g/mol. The Hall–Kier alpha value is -1.75. The summed E-state index contributed by atoms with van der Waals surface area (Å²) in [5.74, 6) is 0.601. The van der Waals surface area contributed by atoms with Crippen LogP contribution in [-0.2, 0) is 4.84 Å². The number of hydrogen-bond donors (Lipinski definition) is 2. The van der Waals surface area contributed by atoms with Gasteiger partial charge in [0.25, 0.3) is 0 Å². The fraction of sp³-hybridized carbons (Fsp3) is 0.300. The van der Waals surface area contributed by atoms with Crippen molar-refractivity contribution in [3.05, 3.63) is 24.3 Å². The summed E-state index contributed by atoms with van der Waals surface area (Å²) in [5, 5.41) is 2.60. The van der Waals surface area contributed by atoms with Crippen molar-refractivity contribution in [2.75, 3.05) is 19.0 Å². The molecule has 15 heavy (non-hydrogen) atoms. The highest BCUT2D eigenvalue weighted by molar-refractivity contribution is 5.90. The van der Waals surface area contributed by atoms with Crippen LogP contribution in [0.1, 0.15) is 6.92 Å². The number of benzene rings is 1. The summed E-state index contributed by atoms with van der Waals surface area (Å²) < 4.78 is 5.07. The van der Waals surface area contributed by atoms with E-state index in [4.69, 9.17) is 9.57 Å². The van der Waals surface area contributed by atoms with Gasteiger partial charge in [-0.25, -0.2) is 10.3 Å². The molecule has 0 aliphatic carbocycles. The molecule has 0 spiro atoms. The van der Waals surface area contributed by atoms with E-state index >= 15 is 0 Å². The third kappa shape index (κ3) is 3.47. The number of amides is 2. The van der Waals surface area contributed by atoms with Crippen molar-refractivity contribution in [3.8, 4) is 5.75 Å². The number of carbonyl (C=O) groups excluding carboxylic acids is 1. The molecule has 0 radical (unpaired) electrons. The number of methoxy groups -OCH3 is 1. The summed E-state index contributed by atoms with van der Waals surface area (Å²) in [4.78, 5) is 16.0. The second-order valence-electron chi connectivity index (χ2n) is 2.69. The summed E-state index contributed by atoms with van der Waals surface area (Å²) >= 11 is 0. The first-order valence-electron chi connectivity index (χ1n) is 4.59. The maximum absolute atomic E-state index is 11.2. The molecule has 1 aromatic rings. The molecule has 0 aromatic heterocycles. The summed E-state index contributed by atoms with van der Waals surface area (Å²) in [6, 6.07) is 6.70. The van der Waals surface area contributed by atoms with Gasteiger partial charge in [0, 0.05) is 0 Å². The summed E-state index contributed by atoms with van der Waals surface area (Å²) in [7, 11) is 1.54. The zero-order valence-corrected chi connectivity index (χ0v) is 8.74. The molecule has 0 saturated heterocycles. The average Bonchev–Trinajstić information content (AvgIpc) is 2.27. The van der Waals surface area contributed by atoms with Gasteiger partial charge in [-0.05, 0) is 19.1 Å². The number of para-hydroxylation sites is 2. The molecule has 0 fully saturated rings. The number of nitrogens with one attached hydrogen (secondary N) is 2. The maximum Gasteiger partial charge on any atom is 0.343 e. The van der Waals surface area contributed by atoms with Crippen LogP contribution >= 0.6 is 0 Å². The molecule has 2 amide bonds. The number of hydroxylamine groups is 1. The van der Waals surface area contributed by atoms with Gasteiger partial charge in [0.2, 0.25) is 0 Å². The molecule has 0 unspecified atom stereocenters. The molecule has 5 nitrogen and oxygen atoms in total. The van der Waals surface area contributed by atoms with E-state index in [2.05, 4.69) is 10.8 Å². The van der Waals surface area contributed by atoms with Crippen molar-refractivity contribution in [2.45, 2.75) is 6.92 Å². The number of urea groups is 1. The second-order valence-corrected chi connectivity index (χ2v) is 2.69. The SMILES string of the molecule is CCONC(=O)Nc1ccccc1OC. The van der Waals surface area contributed by atoms with Crippen molar-refractivity contribution >= 4 is 11.7 Å². The lowest BCUT2D eigenvalue weighted by molar-refractivity contribution is 0.0758. The van der Waals surface area contributed by atoms with Crippen LogP contribution < -0.4 is 15.5 Å². The topological polar surface area (TPSA) is 59.6 Å². The summed E-state index contributed by atoms with van der Waals surface area (Å²) in [5.41, 5.74) is 2.82. The number of anilines is 1. The highest BCUT2D eigenvalue weighted by Crippen LogP contribution is 2.22. The van der Waals surface area contributed by atoms with E-state index in [1.165, 1.54) is 0 Å². The Morgan fingerprint density at radius 3 is 2.80 bits per heavy atom. The lowest BCUT2D eigenvalue weighted by Gasteiger charge is -2.09. The number of ether oxygens (including phenoxy) is 1. The predicted octanol–water partition coefficient (Wildman–Crippen LogP) is 1.77. The third-order valence-electron chi connectivity index (χ3n) is 1.66. The zero-order valence-electron chi connectivity index (χ0n) is 8.74. The minimum atomic E-state index is -0.429. The van der Waals surface area contributed by atoms with Crippen LogP contribution in [0, 0.1) is 0 Å². The van der Waals surface area contributed by atoms with E-state index in [1.54, 1.807) is 32.2 Å². The molecule has 0 atom stereocenters. The molecule has 82 valence electrons. The molecule has 2 N–H and O–H groups in total. The second kappa shape index (κ2) is 5.87.